The molecule has 0 aromatic heterocycles. The van der Waals surface area contributed by atoms with Crippen LogP contribution < -0.4 is 9.47 Å². The first-order chi connectivity index (χ1) is 11.1. The first-order valence-corrected chi connectivity index (χ1v) is 6.92. The number of carbonyl (C=O) groups excluding carboxylic acids is 2. The Hall–Kier alpha value is -3.08. The summed E-state index contributed by atoms with van der Waals surface area (Å²) < 4.78 is 10.4. The van der Waals surface area contributed by atoms with Crippen molar-refractivity contribution in [3.63, 3.8) is 0 Å². The SMILES string of the molecule is COc1ccc(C2=C(O)c3ccccc3C(=O)C2=O)cc1OC. The number of aliphatic hydroxyl groups excluding tert-OH is 1. The van der Waals surface area contributed by atoms with Crippen LogP contribution in [0.5, 0.6) is 11.5 Å². The summed E-state index contributed by atoms with van der Waals surface area (Å²) in [5.74, 6) is -0.690. The second kappa shape index (κ2) is 5.61. The quantitative estimate of drug-likeness (QED) is 0.883. The number of hydrogen-bond acceptors (Lipinski definition) is 5. The molecule has 0 aliphatic heterocycles. The van der Waals surface area contributed by atoms with Gasteiger partial charge in [-0.25, -0.2) is 0 Å². The maximum Gasteiger partial charge on any atom is 0.237 e. The molecule has 0 bridgehead atoms. The van der Waals surface area contributed by atoms with Crippen molar-refractivity contribution >= 4 is 22.9 Å². The Morgan fingerprint density at radius 1 is 0.826 bits per heavy atom. The highest BCUT2D eigenvalue weighted by Gasteiger charge is 2.33. The molecule has 1 aliphatic rings. The van der Waals surface area contributed by atoms with Gasteiger partial charge in [0.2, 0.25) is 11.6 Å². The number of aliphatic hydroxyl groups is 1. The van der Waals surface area contributed by atoms with E-state index in [9.17, 15) is 14.7 Å². The van der Waals surface area contributed by atoms with Gasteiger partial charge in [-0.2, -0.15) is 0 Å². The van der Waals surface area contributed by atoms with Gasteiger partial charge in [0.05, 0.1) is 19.8 Å². The number of ether oxygens (including phenoxy) is 2. The van der Waals surface area contributed by atoms with Crippen molar-refractivity contribution in [1.82, 2.24) is 0 Å². The van der Waals surface area contributed by atoms with Gasteiger partial charge in [-0.15, -0.1) is 0 Å². The van der Waals surface area contributed by atoms with Gasteiger partial charge in [0.1, 0.15) is 5.76 Å². The lowest BCUT2D eigenvalue weighted by Crippen LogP contribution is -2.23. The summed E-state index contributed by atoms with van der Waals surface area (Å²) in [5, 5.41) is 10.5. The lowest BCUT2D eigenvalue weighted by atomic mass is 9.85. The fraction of sp³-hybridized carbons (Fsp3) is 0.111. The summed E-state index contributed by atoms with van der Waals surface area (Å²) in [5.41, 5.74) is 0.920. The Morgan fingerprint density at radius 2 is 1.48 bits per heavy atom. The number of Topliss-reactive ketones (excluding diaryl/α,β-unsaturated/α-hetero) is 2. The molecule has 5 nitrogen and oxygen atoms in total. The molecule has 116 valence electrons. The lowest BCUT2D eigenvalue weighted by Gasteiger charge is -2.18. The van der Waals surface area contributed by atoms with Crippen LogP contribution in [-0.2, 0) is 4.79 Å². The average Bonchev–Trinajstić information content (AvgIpc) is 2.59. The van der Waals surface area contributed by atoms with Gasteiger partial charge >= 0.3 is 0 Å². The molecular weight excluding hydrogens is 296 g/mol. The molecule has 0 fully saturated rings. The van der Waals surface area contributed by atoms with E-state index in [4.69, 9.17) is 9.47 Å². The van der Waals surface area contributed by atoms with Gasteiger partial charge in [-0.05, 0) is 17.7 Å². The third-order valence-corrected chi connectivity index (χ3v) is 3.77. The molecule has 0 spiro atoms. The highest BCUT2D eigenvalue weighted by molar-refractivity contribution is 6.62. The van der Waals surface area contributed by atoms with E-state index in [1.807, 2.05) is 0 Å². The number of ketones is 2. The third-order valence-electron chi connectivity index (χ3n) is 3.77. The van der Waals surface area contributed by atoms with E-state index in [-0.39, 0.29) is 16.9 Å². The topological polar surface area (TPSA) is 72.8 Å². The van der Waals surface area contributed by atoms with Crippen LogP contribution in [0.2, 0.25) is 0 Å². The smallest absolute Gasteiger partial charge is 0.237 e. The van der Waals surface area contributed by atoms with Crippen molar-refractivity contribution in [3.05, 3.63) is 59.2 Å². The number of rotatable bonds is 3. The Kier molecular flexibility index (Phi) is 3.62. The van der Waals surface area contributed by atoms with Crippen molar-refractivity contribution in [1.29, 1.82) is 0 Å². The van der Waals surface area contributed by atoms with E-state index in [1.54, 1.807) is 36.4 Å². The first-order valence-electron chi connectivity index (χ1n) is 6.92. The second-order valence-corrected chi connectivity index (χ2v) is 5.00. The fourth-order valence-electron chi connectivity index (χ4n) is 2.63. The molecule has 1 aliphatic carbocycles. The zero-order valence-corrected chi connectivity index (χ0v) is 12.6. The van der Waals surface area contributed by atoms with Crippen molar-refractivity contribution in [2.45, 2.75) is 0 Å². The minimum absolute atomic E-state index is 0.0327. The Balaban J connectivity index is 2.23. The lowest BCUT2D eigenvalue weighted by molar-refractivity contribution is -0.110. The van der Waals surface area contributed by atoms with Crippen LogP contribution in [0.25, 0.3) is 11.3 Å². The second-order valence-electron chi connectivity index (χ2n) is 5.00. The number of hydrogen-bond donors (Lipinski definition) is 1. The number of methoxy groups -OCH3 is 2. The Labute approximate surface area is 132 Å². The van der Waals surface area contributed by atoms with Crippen LogP contribution in [-0.4, -0.2) is 30.9 Å². The van der Waals surface area contributed by atoms with E-state index >= 15 is 0 Å². The maximum absolute atomic E-state index is 12.4. The van der Waals surface area contributed by atoms with E-state index in [1.165, 1.54) is 20.3 Å². The molecule has 5 heteroatoms. The third kappa shape index (κ3) is 2.26. The summed E-state index contributed by atoms with van der Waals surface area (Å²) in [6, 6.07) is 11.3. The molecule has 0 saturated carbocycles. The maximum atomic E-state index is 12.4. The number of fused-ring (bicyclic) bond motifs is 1. The standard InChI is InChI=1S/C18H14O5/c1-22-13-8-7-10(9-14(13)23-2)15-16(19)11-5-3-4-6-12(11)17(20)18(15)21/h3-9,19H,1-2H3. The van der Waals surface area contributed by atoms with E-state index in [2.05, 4.69) is 0 Å². The molecule has 0 atom stereocenters. The molecule has 0 heterocycles. The molecule has 1 N–H and O–H groups in total. The molecule has 0 radical (unpaired) electrons. The van der Waals surface area contributed by atoms with Gasteiger partial charge in [-0.1, -0.05) is 30.3 Å². The van der Waals surface area contributed by atoms with E-state index in [0.29, 0.717) is 22.6 Å². The fourth-order valence-corrected chi connectivity index (χ4v) is 2.63. The van der Waals surface area contributed by atoms with Crippen LogP contribution in [0.15, 0.2) is 42.5 Å². The van der Waals surface area contributed by atoms with Gasteiger partial charge in [-0.3, -0.25) is 9.59 Å². The molecule has 23 heavy (non-hydrogen) atoms. The largest absolute Gasteiger partial charge is 0.506 e. The van der Waals surface area contributed by atoms with Crippen molar-refractivity contribution < 1.29 is 24.2 Å². The van der Waals surface area contributed by atoms with Gasteiger partial charge in [0.25, 0.3) is 0 Å². The van der Waals surface area contributed by atoms with E-state index in [0.717, 1.165) is 0 Å². The normalized spacial score (nSPS) is 13.8. The van der Waals surface area contributed by atoms with Gasteiger partial charge in [0.15, 0.2) is 11.5 Å². The van der Waals surface area contributed by atoms with Crippen molar-refractivity contribution in [2.24, 2.45) is 0 Å². The van der Waals surface area contributed by atoms with Gasteiger partial charge in [0, 0.05) is 11.1 Å². The molecule has 3 rings (SSSR count). The van der Waals surface area contributed by atoms with Crippen molar-refractivity contribution in [2.75, 3.05) is 14.2 Å². The predicted molar refractivity (Wildman–Crippen MR) is 84.8 cm³/mol. The number of benzene rings is 2. The molecule has 0 unspecified atom stereocenters. The summed E-state index contributed by atoms with van der Waals surface area (Å²) in [7, 11) is 2.97. The zero-order chi connectivity index (χ0) is 16.6. The Bertz CT molecular complexity index is 848. The van der Waals surface area contributed by atoms with Gasteiger partial charge < -0.3 is 14.6 Å². The molecule has 0 amide bonds. The van der Waals surface area contributed by atoms with Crippen LogP contribution in [0.3, 0.4) is 0 Å². The summed E-state index contributed by atoms with van der Waals surface area (Å²) >= 11 is 0. The monoisotopic (exact) mass is 310 g/mol. The van der Waals surface area contributed by atoms with Crippen LogP contribution in [0.4, 0.5) is 0 Å². The molecular formula is C18H14O5. The summed E-state index contributed by atoms with van der Waals surface area (Å²) in [4.78, 5) is 24.7. The molecule has 2 aromatic carbocycles. The average molecular weight is 310 g/mol. The van der Waals surface area contributed by atoms with E-state index < -0.39 is 11.6 Å². The van der Waals surface area contributed by atoms with Crippen LogP contribution in [0.1, 0.15) is 21.5 Å². The van der Waals surface area contributed by atoms with Crippen LogP contribution in [0, 0.1) is 0 Å². The summed E-state index contributed by atoms with van der Waals surface area (Å²) in [6.07, 6.45) is 0. The van der Waals surface area contributed by atoms with Crippen molar-refractivity contribution in [3.8, 4) is 11.5 Å². The first kappa shape index (κ1) is 14.8. The molecule has 2 aromatic rings. The number of carbonyl (C=O) groups is 2. The minimum Gasteiger partial charge on any atom is -0.506 e. The van der Waals surface area contributed by atoms with Crippen LogP contribution >= 0.6 is 0 Å². The number of allylic oxidation sites excluding steroid dienone is 1. The zero-order valence-electron chi connectivity index (χ0n) is 12.6. The highest BCUT2D eigenvalue weighted by Crippen LogP contribution is 2.36. The predicted octanol–water partition coefficient (Wildman–Crippen LogP) is 2.90. The minimum atomic E-state index is -0.742. The highest BCUT2D eigenvalue weighted by atomic mass is 16.5. The molecule has 0 saturated heterocycles. The summed E-state index contributed by atoms with van der Waals surface area (Å²) in [6.45, 7) is 0. The Morgan fingerprint density at radius 3 is 2.13 bits per heavy atom.